The Labute approximate surface area is 116 Å². The molecule has 0 saturated carbocycles. The van der Waals surface area contributed by atoms with Crippen molar-refractivity contribution in [2.24, 2.45) is 0 Å². The van der Waals surface area contributed by atoms with E-state index < -0.39 is 0 Å². The van der Waals surface area contributed by atoms with Crippen LogP contribution in [0.5, 0.6) is 0 Å². The molecule has 0 atom stereocenters. The molecule has 1 fully saturated rings. The van der Waals surface area contributed by atoms with Crippen molar-refractivity contribution in [1.82, 2.24) is 10.6 Å². The second-order valence-corrected chi connectivity index (χ2v) is 5.32. The van der Waals surface area contributed by atoms with E-state index in [0.717, 1.165) is 31.5 Å². The fourth-order valence-corrected chi connectivity index (χ4v) is 2.98. The normalized spacial score (nSPS) is 16.4. The van der Waals surface area contributed by atoms with Gasteiger partial charge in [0.15, 0.2) is 0 Å². The average molecular weight is 295 g/mol. The van der Waals surface area contributed by atoms with Crippen LogP contribution in [0.15, 0.2) is 5.38 Å². The van der Waals surface area contributed by atoms with Gasteiger partial charge in [-0.05, 0) is 43.8 Å². The van der Waals surface area contributed by atoms with Crippen LogP contribution in [0.25, 0.3) is 0 Å². The van der Waals surface area contributed by atoms with Crippen LogP contribution < -0.4 is 10.6 Å². The van der Waals surface area contributed by atoms with Gasteiger partial charge in [0.25, 0.3) is 5.91 Å². The van der Waals surface area contributed by atoms with Crippen LogP contribution in [0.2, 0.25) is 5.02 Å². The third-order valence-corrected chi connectivity index (χ3v) is 4.48. The molecule has 0 radical (unpaired) electrons. The van der Waals surface area contributed by atoms with Gasteiger partial charge in [0, 0.05) is 6.04 Å². The minimum atomic E-state index is -0.0324. The Morgan fingerprint density at radius 1 is 1.53 bits per heavy atom. The van der Waals surface area contributed by atoms with E-state index in [1.165, 1.54) is 11.3 Å². The fraction of sp³-hybridized carbons (Fsp3) is 0.545. The Balaban J connectivity index is 0.00000144. The summed E-state index contributed by atoms with van der Waals surface area (Å²) in [7, 11) is 0. The molecule has 6 heteroatoms. The van der Waals surface area contributed by atoms with Crippen LogP contribution in [-0.2, 0) is 0 Å². The van der Waals surface area contributed by atoms with E-state index in [9.17, 15) is 4.79 Å². The van der Waals surface area contributed by atoms with Gasteiger partial charge < -0.3 is 10.6 Å². The Hall–Kier alpha value is -0.290. The van der Waals surface area contributed by atoms with Gasteiger partial charge in [0.1, 0.15) is 4.88 Å². The molecule has 0 spiro atoms. The molecule has 1 aliphatic rings. The molecule has 1 aromatic heterocycles. The molecular formula is C11H16Cl2N2OS. The summed E-state index contributed by atoms with van der Waals surface area (Å²) in [6.45, 7) is 3.87. The number of piperidine rings is 1. The molecule has 0 aliphatic carbocycles. The predicted octanol–water partition coefficient (Wildman–Crippen LogP) is 2.61. The van der Waals surface area contributed by atoms with Gasteiger partial charge in [0.2, 0.25) is 0 Å². The number of carbonyl (C=O) groups excluding carboxylic acids is 1. The molecule has 1 aromatic rings. The van der Waals surface area contributed by atoms with Gasteiger partial charge >= 0.3 is 0 Å². The predicted molar refractivity (Wildman–Crippen MR) is 74.7 cm³/mol. The first-order valence-corrected chi connectivity index (χ1v) is 6.69. The van der Waals surface area contributed by atoms with Crippen molar-refractivity contribution < 1.29 is 4.79 Å². The molecule has 0 aromatic carbocycles. The molecule has 17 heavy (non-hydrogen) atoms. The van der Waals surface area contributed by atoms with Crippen LogP contribution >= 0.6 is 35.3 Å². The van der Waals surface area contributed by atoms with E-state index in [1.54, 1.807) is 0 Å². The Bertz CT molecular complexity index is 389. The van der Waals surface area contributed by atoms with Gasteiger partial charge in [-0.1, -0.05) is 11.6 Å². The van der Waals surface area contributed by atoms with E-state index >= 15 is 0 Å². The summed E-state index contributed by atoms with van der Waals surface area (Å²) >= 11 is 7.47. The molecule has 2 N–H and O–H groups in total. The minimum absolute atomic E-state index is 0. The van der Waals surface area contributed by atoms with E-state index in [2.05, 4.69) is 10.6 Å². The highest BCUT2D eigenvalue weighted by atomic mass is 35.5. The van der Waals surface area contributed by atoms with Crippen LogP contribution in [0, 0.1) is 6.92 Å². The van der Waals surface area contributed by atoms with Crippen LogP contribution in [-0.4, -0.2) is 25.0 Å². The lowest BCUT2D eigenvalue weighted by molar-refractivity contribution is 0.0934. The molecule has 0 bridgehead atoms. The smallest absolute Gasteiger partial charge is 0.263 e. The van der Waals surface area contributed by atoms with E-state index in [-0.39, 0.29) is 24.4 Å². The average Bonchev–Trinajstić information content (AvgIpc) is 2.61. The number of carbonyl (C=O) groups is 1. The molecular weight excluding hydrogens is 279 g/mol. The highest BCUT2D eigenvalue weighted by Gasteiger charge is 2.19. The first kappa shape index (κ1) is 14.8. The molecule has 1 amide bonds. The number of hydrogen-bond acceptors (Lipinski definition) is 3. The summed E-state index contributed by atoms with van der Waals surface area (Å²) in [6.07, 6.45) is 1.99. The summed E-state index contributed by atoms with van der Waals surface area (Å²) in [4.78, 5) is 12.6. The SMILES string of the molecule is Cc1csc(C(=O)NC2CCNCC2)c1Cl.Cl. The number of hydrogen-bond donors (Lipinski definition) is 2. The maximum Gasteiger partial charge on any atom is 0.263 e. The molecule has 3 nitrogen and oxygen atoms in total. The van der Waals surface area contributed by atoms with Crippen LogP contribution in [0.4, 0.5) is 0 Å². The van der Waals surface area contributed by atoms with Gasteiger partial charge in [0.05, 0.1) is 5.02 Å². The number of thiophene rings is 1. The topological polar surface area (TPSA) is 41.1 Å². The fourth-order valence-electron chi connectivity index (χ4n) is 1.80. The van der Waals surface area contributed by atoms with Crippen molar-refractivity contribution >= 4 is 41.3 Å². The van der Waals surface area contributed by atoms with Crippen molar-refractivity contribution in [2.45, 2.75) is 25.8 Å². The van der Waals surface area contributed by atoms with Gasteiger partial charge in [-0.15, -0.1) is 23.7 Å². The summed E-state index contributed by atoms with van der Waals surface area (Å²) < 4.78 is 0. The highest BCUT2D eigenvalue weighted by Crippen LogP contribution is 2.27. The molecule has 1 saturated heterocycles. The first-order valence-electron chi connectivity index (χ1n) is 5.43. The number of aryl methyl sites for hydroxylation is 1. The summed E-state index contributed by atoms with van der Waals surface area (Å²) in [5.74, 6) is -0.0324. The van der Waals surface area contributed by atoms with E-state index in [0.29, 0.717) is 9.90 Å². The quantitative estimate of drug-likeness (QED) is 0.880. The zero-order valence-electron chi connectivity index (χ0n) is 9.59. The zero-order valence-corrected chi connectivity index (χ0v) is 12.0. The lowest BCUT2D eigenvalue weighted by Gasteiger charge is -2.23. The number of halogens is 2. The molecule has 1 aliphatic heterocycles. The van der Waals surface area contributed by atoms with E-state index in [4.69, 9.17) is 11.6 Å². The second-order valence-electron chi connectivity index (χ2n) is 4.06. The third kappa shape index (κ3) is 3.58. The van der Waals surface area contributed by atoms with Crippen molar-refractivity contribution in [1.29, 1.82) is 0 Å². The molecule has 2 heterocycles. The van der Waals surface area contributed by atoms with Crippen molar-refractivity contribution in [2.75, 3.05) is 13.1 Å². The van der Waals surface area contributed by atoms with Crippen LogP contribution in [0.3, 0.4) is 0 Å². The van der Waals surface area contributed by atoms with Gasteiger partial charge in [-0.3, -0.25) is 4.79 Å². The second kappa shape index (κ2) is 6.59. The van der Waals surface area contributed by atoms with Gasteiger partial charge in [-0.25, -0.2) is 0 Å². The van der Waals surface area contributed by atoms with Crippen molar-refractivity contribution in [3.8, 4) is 0 Å². The minimum Gasteiger partial charge on any atom is -0.348 e. The number of rotatable bonds is 2. The Kier molecular flexibility index (Phi) is 5.73. The summed E-state index contributed by atoms with van der Waals surface area (Å²) in [5, 5.41) is 8.82. The number of amides is 1. The molecule has 0 unspecified atom stereocenters. The number of nitrogens with one attached hydrogen (secondary N) is 2. The lowest BCUT2D eigenvalue weighted by atomic mass is 10.1. The monoisotopic (exact) mass is 294 g/mol. The van der Waals surface area contributed by atoms with Crippen molar-refractivity contribution in [3.05, 3.63) is 20.8 Å². The summed E-state index contributed by atoms with van der Waals surface area (Å²) in [6, 6.07) is 0.284. The Morgan fingerprint density at radius 3 is 2.71 bits per heavy atom. The first-order chi connectivity index (χ1) is 7.68. The maximum absolute atomic E-state index is 11.9. The highest BCUT2D eigenvalue weighted by molar-refractivity contribution is 7.13. The lowest BCUT2D eigenvalue weighted by Crippen LogP contribution is -2.42. The molecule has 2 rings (SSSR count). The Morgan fingerprint density at radius 2 is 2.18 bits per heavy atom. The standard InChI is InChI=1S/C11H15ClN2OS.ClH/c1-7-6-16-10(9(7)12)11(15)14-8-2-4-13-5-3-8;/h6,8,13H,2-5H2,1H3,(H,14,15);1H. The van der Waals surface area contributed by atoms with E-state index in [1.807, 2.05) is 12.3 Å². The molecule has 96 valence electrons. The third-order valence-electron chi connectivity index (χ3n) is 2.78. The van der Waals surface area contributed by atoms with Crippen molar-refractivity contribution in [3.63, 3.8) is 0 Å². The largest absolute Gasteiger partial charge is 0.348 e. The van der Waals surface area contributed by atoms with Crippen LogP contribution in [0.1, 0.15) is 28.1 Å². The zero-order chi connectivity index (χ0) is 11.5. The van der Waals surface area contributed by atoms with Gasteiger partial charge in [-0.2, -0.15) is 0 Å². The summed E-state index contributed by atoms with van der Waals surface area (Å²) in [5.41, 5.74) is 0.974. The maximum atomic E-state index is 11.9.